The Hall–Kier alpha value is -1.69. The molecule has 1 saturated carbocycles. The summed E-state index contributed by atoms with van der Waals surface area (Å²) in [5.74, 6) is 0.837. The molecule has 0 aliphatic heterocycles. The average Bonchev–Trinajstić information content (AvgIpc) is 3.09. The number of rotatable bonds is 6. The van der Waals surface area contributed by atoms with Gasteiger partial charge in [0.05, 0.1) is 28.6 Å². The van der Waals surface area contributed by atoms with E-state index in [4.69, 9.17) is 16.3 Å². The summed E-state index contributed by atoms with van der Waals surface area (Å²) in [4.78, 5) is 9.88. The Labute approximate surface area is 174 Å². The van der Waals surface area contributed by atoms with Gasteiger partial charge in [0.2, 0.25) is 0 Å². The normalized spacial score (nSPS) is 16.8. The van der Waals surface area contributed by atoms with E-state index >= 15 is 0 Å². The van der Waals surface area contributed by atoms with Crippen LogP contribution in [0.4, 0.5) is 0 Å². The minimum Gasteiger partial charge on any atom is -0.492 e. The molecular formula is C22H25ClN2O2S. The van der Waals surface area contributed by atoms with Gasteiger partial charge in [0.1, 0.15) is 12.1 Å². The lowest BCUT2D eigenvalue weighted by Gasteiger charge is -2.38. The van der Waals surface area contributed by atoms with Gasteiger partial charge in [-0.1, -0.05) is 31.9 Å². The lowest BCUT2D eigenvalue weighted by Crippen LogP contribution is -2.32. The van der Waals surface area contributed by atoms with E-state index in [2.05, 4.69) is 16.9 Å². The summed E-state index contributed by atoms with van der Waals surface area (Å²) < 4.78 is 7.30. The van der Waals surface area contributed by atoms with Gasteiger partial charge < -0.3 is 9.84 Å². The van der Waals surface area contributed by atoms with Crippen LogP contribution in [0.1, 0.15) is 56.1 Å². The Morgan fingerprint density at radius 1 is 1.29 bits per heavy atom. The number of halogens is 1. The Kier molecular flexibility index (Phi) is 5.34. The van der Waals surface area contributed by atoms with Crippen molar-refractivity contribution in [2.24, 2.45) is 5.41 Å². The second-order valence-electron chi connectivity index (χ2n) is 8.06. The van der Waals surface area contributed by atoms with Crippen LogP contribution in [0, 0.1) is 12.3 Å². The van der Waals surface area contributed by atoms with Gasteiger partial charge in [-0.3, -0.25) is 0 Å². The van der Waals surface area contributed by atoms with Crippen LogP contribution in [0.5, 0.6) is 5.75 Å². The number of hydrogen-bond acceptors (Lipinski definition) is 5. The number of aromatic nitrogens is 2. The molecule has 1 atom stereocenters. The highest BCUT2D eigenvalue weighted by Crippen LogP contribution is 2.44. The molecule has 0 spiro atoms. The highest BCUT2D eigenvalue weighted by atomic mass is 35.5. The number of fused-ring (bicyclic) bond motifs is 1. The summed E-state index contributed by atoms with van der Waals surface area (Å²) in [5, 5.41) is 10.9. The summed E-state index contributed by atoms with van der Waals surface area (Å²) in [7, 11) is 0. The molecule has 1 N–H and O–H groups in total. The van der Waals surface area contributed by atoms with Gasteiger partial charge in [-0.05, 0) is 49.9 Å². The quantitative estimate of drug-likeness (QED) is 0.509. The second-order valence-corrected chi connectivity index (χ2v) is 9.58. The molecule has 4 nitrogen and oxygen atoms in total. The van der Waals surface area contributed by atoms with Crippen molar-refractivity contribution in [3.63, 3.8) is 0 Å². The largest absolute Gasteiger partial charge is 0.492 e. The molecule has 0 radical (unpaired) electrons. The van der Waals surface area contributed by atoms with Crippen molar-refractivity contribution in [1.29, 1.82) is 0 Å². The molecule has 0 amide bonds. The van der Waals surface area contributed by atoms with E-state index in [1.807, 2.05) is 32.0 Å². The molecule has 0 bridgehead atoms. The molecule has 3 aromatic rings. The molecule has 1 unspecified atom stereocenters. The van der Waals surface area contributed by atoms with Gasteiger partial charge in [-0.15, -0.1) is 11.3 Å². The molecule has 28 heavy (non-hydrogen) atoms. The number of nitrogens with zero attached hydrogens (tertiary/aromatic N) is 2. The van der Waals surface area contributed by atoms with Crippen molar-refractivity contribution < 1.29 is 9.84 Å². The van der Waals surface area contributed by atoms with E-state index < -0.39 is 6.10 Å². The van der Waals surface area contributed by atoms with E-state index in [1.54, 1.807) is 6.33 Å². The van der Waals surface area contributed by atoms with Gasteiger partial charge in [-0.25, -0.2) is 9.97 Å². The summed E-state index contributed by atoms with van der Waals surface area (Å²) in [5.41, 5.74) is 3.80. The maximum atomic E-state index is 10.3. The van der Waals surface area contributed by atoms with Gasteiger partial charge >= 0.3 is 0 Å². The minimum atomic E-state index is -0.484. The predicted octanol–water partition coefficient (Wildman–Crippen LogP) is 6.33. The summed E-state index contributed by atoms with van der Waals surface area (Å²) in [6, 6.07) is 5.81. The van der Waals surface area contributed by atoms with Crippen molar-refractivity contribution in [3.8, 4) is 17.0 Å². The zero-order chi connectivity index (χ0) is 19.9. The smallest absolute Gasteiger partial charge is 0.131 e. The standard InChI is InChI=1S/C22H25ClN2O2S/c1-4-17(26)18-10-16-21(28-18)19(25-12-24-16)15-9-14(23)8-13(2)20(15)27-11-22(3)6-5-7-22/h8-10,12,17,26H,4-7,11H2,1-3H3. The lowest BCUT2D eigenvalue weighted by molar-refractivity contribution is 0.0775. The Balaban J connectivity index is 1.80. The molecule has 1 aliphatic rings. The third-order valence-electron chi connectivity index (χ3n) is 5.67. The van der Waals surface area contributed by atoms with Crippen LogP contribution in [-0.4, -0.2) is 21.7 Å². The third-order valence-corrected chi connectivity index (χ3v) is 7.12. The van der Waals surface area contributed by atoms with Gasteiger partial charge in [0.15, 0.2) is 0 Å². The van der Waals surface area contributed by atoms with E-state index in [9.17, 15) is 5.11 Å². The van der Waals surface area contributed by atoms with Crippen LogP contribution in [0.2, 0.25) is 5.02 Å². The monoisotopic (exact) mass is 416 g/mol. The fourth-order valence-electron chi connectivity index (χ4n) is 3.70. The number of aliphatic hydroxyl groups is 1. The molecule has 1 aliphatic carbocycles. The fraction of sp³-hybridized carbons (Fsp3) is 0.455. The molecule has 148 valence electrons. The maximum Gasteiger partial charge on any atom is 0.131 e. The second kappa shape index (κ2) is 7.62. The zero-order valence-corrected chi connectivity index (χ0v) is 18.0. The summed E-state index contributed by atoms with van der Waals surface area (Å²) in [6.45, 7) is 6.96. The third kappa shape index (κ3) is 3.63. The summed E-state index contributed by atoms with van der Waals surface area (Å²) >= 11 is 7.93. The Bertz CT molecular complexity index is 1010. The lowest BCUT2D eigenvalue weighted by atomic mass is 9.71. The van der Waals surface area contributed by atoms with E-state index in [1.165, 1.54) is 30.6 Å². The van der Waals surface area contributed by atoms with Crippen LogP contribution in [-0.2, 0) is 0 Å². The SMILES string of the molecule is CCC(O)c1cc2ncnc(-c3cc(Cl)cc(C)c3OCC3(C)CCC3)c2s1. The highest BCUT2D eigenvalue weighted by Gasteiger charge is 2.33. The molecule has 6 heteroatoms. The zero-order valence-electron chi connectivity index (χ0n) is 16.5. The van der Waals surface area contributed by atoms with Crippen molar-refractivity contribution in [2.75, 3.05) is 6.61 Å². The topological polar surface area (TPSA) is 55.2 Å². The average molecular weight is 417 g/mol. The minimum absolute atomic E-state index is 0.256. The van der Waals surface area contributed by atoms with Crippen LogP contribution < -0.4 is 4.74 Å². The molecule has 2 heterocycles. The molecule has 4 rings (SSSR count). The summed E-state index contributed by atoms with van der Waals surface area (Å²) in [6.07, 6.45) is 5.43. The van der Waals surface area contributed by atoms with Crippen molar-refractivity contribution in [2.45, 2.75) is 52.6 Å². The first-order chi connectivity index (χ1) is 13.4. The first-order valence-electron chi connectivity index (χ1n) is 9.76. The predicted molar refractivity (Wildman–Crippen MR) is 115 cm³/mol. The van der Waals surface area contributed by atoms with Crippen LogP contribution >= 0.6 is 22.9 Å². The number of aryl methyl sites for hydroxylation is 1. The van der Waals surface area contributed by atoms with Gasteiger partial charge in [-0.2, -0.15) is 0 Å². The molecule has 1 fully saturated rings. The van der Waals surface area contributed by atoms with Gasteiger partial charge in [0.25, 0.3) is 0 Å². The van der Waals surface area contributed by atoms with Crippen molar-refractivity contribution in [3.05, 3.63) is 40.0 Å². The van der Waals surface area contributed by atoms with Crippen LogP contribution in [0.25, 0.3) is 21.5 Å². The van der Waals surface area contributed by atoms with Crippen LogP contribution in [0.3, 0.4) is 0 Å². The van der Waals surface area contributed by atoms with E-state index in [0.29, 0.717) is 18.1 Å². The molecular weight excluding hydrogens is 392 g/mol. The first kappa shape index (κ1) is 19.6. The number of thiophene rings is 1. The van der Waals surface area contributed by atoms with E-state index in [0.717, 1.165) is 37.7 Å². The molecule has 0 saturated heterocycles. The molecule has 2 aromatic heterocycles. The first-order valence-corrected chi connectivity index (χ1v) is 11.0. The molecule has 1 aromatic carbocycles. The maximum absolute atomic E-state index is 10.3. The Morgan fingerprint density at radius 3 is 2.75 bits per heavy atom. The highest BCUT2D eigenvalue weighted by molar-refractivity contribution is 7.19. The number of ether oxygens (including phenoxy) is 1. The Morgan fingerprint density at radius 2 is 2.07 bits per heavy atom. The van der Waals surface area contributed by atoms with Crippen LogP contribution in [0.15, 0.2) is 24.5 Å². The van der Waals surface area contributed by atoms with Crippen molar-refractivity contribution >= 4 is 33.2 Å². The van der Waals surface area contributed by atoms with Gasteiger partial charge in [0, 0.05) is 20.9 Å². The number of aliphatic hydroxyl groups excluding tert-OH is 1. The number of hydrogen-bond donors (Lipinski definition) is 1. The van der Waals surface area contributed by atoms with E-state index in [-0.39, 0.29) is 5.41 Å². The fourth-order valence-corrected chi connectivity index (χ4v) is 5.16. The number of benzene rings is 1. The van der Waals surface area contributed by atoms with Crippen molar-refractivity contribution in [1.82, 2.24) is 9.97 Å².